The molecule has 0 aromatic heterocycles. The van der Waals surface area contributed by atoms with Crippen LogP contribution in [0.25, 0.3) is 6.08 Å². The van der Waals surface area contributed by atoms with E-state index in [4.69, 9.17) is 0 Å². The van der Waals surface area contributed by atoms with Crippen LogP contribution in [0.1, 0.15) is 24.1 Å². The summed E-state index contributed by atoms with van der Waals surface area (Å²) in [7, 11) is 0. The van der Waals surface area contributed by atoms with Crippen LogP contribution in [-0.4, -0.2) is 10.8 Å². The molecule has 6 heteroatoms. The van der Waals surface area contributed by atoms with Crippen LogP contribution in [0.3, 0.4) is 0 Å². The Labute approximate surface area is 132 Å². The van der Waals surface area contributed by atoms with Gasteiger partial charge in [0, 0.05) is 12.1 Å². The quantitative estimate of drug-likeness (QED) is 0.520. The number of carbonyl (C=O) groups is 1. The van der Waals surface area contributed by atoms with Gasteiger partial charge < -0.3 is 5.32 Å². The Kier molecular flexibility index (Phi) is 5.19. The predicted molar refractivity (Wildman–Crippen MR) is 85.1 cm³/mol. The molecule has 5 nitrogen and oxygen atoms in total. The number of hydrogen-bond donors (Lipinski definition) is 1. The fourth-order valence-corrected chi connectivity index (χ4v) is 2.06. The Morgan fingerprint density at radius 1 is 1.22 bits per heavy atom. The molecule has 0 spiro atoms. The van der Waals surface area contributed by atoms with Gasteiger partial charge in [-0.3, -0.25) is 14.9 Å². The standard InChI is InChI=1S/C17H15FN2O3/c1-12(13-6-9-15(18)10-7-13)19-17(21)11-8-14-4-2-3-5-16(14)20(22)23/h2-12H,1H3,(H,19,21)/b11-8+/t12-/m1/s1. The lowest BCUT2D eigenvalue weighted by atomic mass is 10.1. The summed E-state index contributed by atoms with van der Waals surface area (Å²) in [5.41, 5.74) is 1.05. The summed E-state index contributed by atoms with van der Waals surface area (Å²) in [5.74, 6) is -0.733. The number of hydrogen-bond acceptors (Lipinski definition) is 3. The number of nitrogens with one attached hydrogen (secondary N) is 1. The van der Waals surface area contributed by atoms with Gasteiger partial charge >= 0.3 is 0 Å². The SMILES string of the molecule is C[C@@H](NC(=O)/C=C/c1ccccc1[N+](=O)[O-])c1ccc(F)cc1. The zero-order chi connectivity index (χ0) is 16.8. The maximum Gasteiger partial charge on any atom is 0.276 e. The number of amides is 1. The van der Waals surface area contributed by atoms with Crippen LogP contribution in [0.15, 0.2) is 54.6 Å². The van der Waals surface area contributed by atoms with Crippen LogP contribution in [0.2, 0.25) is 0 Å². The second-order valence-corrected chi connectivity index (χ2v) is 4.93. The molecule has 0 aliphatic carbocycles. The van der Waals surface area contributed by atoms with Crippen LogP contribution >= 0.6 is 0 Å². The number of nitro groups is 1. The summed E-state index contributed by atoms with van der Waals surface area (Å²) in [6, 6.07) is 11.7. The van der Waals surface area contributed by atoms with Crippen molar-refractivity contribution >= 4 is 17.7 Å². The number of para-hydroxylation sites is 1. The van der Waals surface area contributed by atoms with Crippen molar-refractivity contribution in [1.82, 2.24) is 5.32 Å². The van der Waals surface area contributed by atoms with E-state index in [1.54, 1.807) is 37.3 Å². The first-order chi connectivity index (χ1) is 11.0. The molecule has 0 fully saturated rings. The average molecular weight is 314 g/mol. The van der Waals surface area contributed by atoms with E-state index in [-0.39, 0.29) is 23.5 Å². The lowest BCUT2D eigenvalue weighted by molar-refractivity contribution is -0.385. The largest absolute Gasteiger partial charge is 0.346 e. The molecule has 0 aliphatic heterocycles. The molecular formula is C17H15FN2O3. The van der Waals surface area contributed by atoms with E-state index in [2.05, 4.69) is 5.32 Å². The van der Waals surface area contributed by atoms with Gasteiger partial charge in [-0.05, 0) is 36.8 Å². The van der Waals surface area contributed by atoms with Crippen molar-refractivity contribution in [3.05, 3.63) is 81.7 Å². The summed E-state index contributed by atoms with van der Waals surface area (Å²) < 4.78 is 12.9. The van der Waals surface area contributed by atoms with Gasteiger partial charge in [0.05, 0.1) is 16.5 Å². The first-order valence-corrected chi connectivity index (χ1v) is 6.95. The maximum atomic E-state index is 12.9. The molecule has 0 saturated heterocycles. The molecule has 0 saturated carbocycles. The van der Waals surface area contributed by atoms with Crippen molar-refractivity contribution in [2.24, 2.45) is 0 Å². The minimum Gasteiger partial charge on any atom is -0.346 e. The van der Waals surface area contributed by atoms with E-state index in [1.807, 2.05) is 0 Å². The van der Waals surface area contributed by atoms with Crippen LogP contribution in [0.4, 0.5) is 10.1 Å². The Balaban J connectivity index is 2.04. The highest BCUT2D eigenvalue weighted by Crippen LogP contribution is 2.19. The van der Waals surface area contributed by atoms with Crippen molar-refractivity contribution in [2.75, 3.05) is 0 Å². The van der Waals surface area contributed by atoms with E-state index in [1.165, 1.54) is 30.4 Å². The van der Waals surface area contributed by atoms with Crippen LogP contribution in [0, 0.1) is 15.9 Å². The third-order valence-corrected chi connectivity index (χ3v) is 3.28. The van der Waals surface area contributed by atoms with Gasteiger partial charge in [0.2, 0.25) is 5.91 Å². The van der Waals surface area contributed by atoms with Gasteiger partial charge in [0.15, 0.2) is 0 Å². The third kappa shape index (κ3) is 4.47. The topological polar surface area (TPSA) is 72.2 Å². The number of nitrogens with zero attached hydrogens (tertiary/aromatic N) is 1. The number of halogens is 1. The Morgan fingerprint density at radius 3 is 2.52 bits per heavy atom. The molecule has 1 N–H and O–H groups in total. The van der Waals surface area contributed by atoms with E-state index < -0.39 is 4.92 Å². The fraction of sp³-hybridized carbons (Fsp3) is 0.118. The number of nitro benzene ring substituents is 1. The van der Waals surface area contributed by atoms with Gasteiger partial charge in [-0.1, -0.05) is 24.3 Å². The predicted octanol–water partition coefficient (Wildman–Crippen LogP) is 3.62. The van der Waals surface area contributed by atoms with Crippen molar-refractivity contribution in [1.29, 1.82) is 0 Å². The smallest absolute Gasteiger partial charge is 0.276 e. The highest BCUT2D eigenvalue weighted by atomic mass is 19.1. The summed E-state index contributed by atoms with van der Waals surface area (Å²) >= 11 is 0. The minimum atomic E-state index is -0.501. The van der Waals surface area contributed by atoms with E-state index in [0.717, 1.165) is 5.56 Å². The lowest BCUT2D eigenvalue weighted by Crippen LogP contribution is -2.24. The zero-order valence-electron chi connectivity index (χ0n) is 12.4. The minimum absolute atomic E-state index is 0.0665. The second-order valence-electron chi connectivity index (χ2n) is 4.93. The lowest BCUT2D eigenvalue weighted by Gasteiger charge is -2.12. The summed E-state index contributed by atoms with van der Waals surface area (Å²) in [4.78, 5) is 22.3. The third-order valence-electron chi connectivity index (χ3n) is 3.28. The van der Waals surface area contributed by atoms with Gasteiger partial charge in [0.25, 0.3) is 5.69 Å². The molecule has 0 radical (unpaired) electrons. The maximum absolute atomic E-state index is 12.9. The summed E-state index contributed by atoms with van der Waals surface area (Å²) in [5, 5.41) is 13.6. The van der Waals surface area contributed by atoms with Gasteiger partial charge in [-0.2, -0.15) is 0 Å². The van der Waals surface area contributed by atoms with E-state index >= 15 is 0 Å². The first-order valence-electron chi connectivity index (χ1n) is 6.95. The first kappa shape index (κ1) is 16.4. The Morgan fingerprint density at radius 2 is 1.87 bits per heavy atom. The fourth-order valence-electron chi connectivity index (χ4n) is 2.06. The molecule has 23 heavy (non-hydrogen) atoms. The molecule has 0 unspecified atom stereocenters. The molecule has 1 amide bonds. The van der Waals surface area contributed by atoms with Crippen molar-refractivity contribution in [3.8, 4) is 0 Å². The van der Waals surface area contributed by atoms with Gasteiger partial charge in [-0.25, -0.2) is 4.39 Å². The molecular weight excluding hydrogens is 299 g/mol. The zero-order valence-corrected chi connectivity index (χ0v) is 12.4. The number of benzene rings is 2. The molecule has 2 rings (SSSR count). The number of carbonyl (C=O) groups excluding carboxylic acids is 1. The highest BCUT2D eigenvalue weighted by molar-refractivity contribution is 5.92. The normalized spacial score (nSPS) is 12.1. The second kappa shape index (κ2) is 7.31. The summed E-state index contributed by atoms with van der Waals surface area (Å²) in [6.07, 6.45) is 2.63. The Hall–Kier alpha value is -3.02. The van der Waals surface area contributed by atoms with Gasteiger partial charge in [-0.15, -0.1) is 0 Å². The van der Waals surface area contributed by atoms with Crippen LogP contribution < -0.4 is 5.32 Å². The van der Waals surface area contributed by atoms with Crippen LogP contribution in [-0.2, 0) is 4.79 Å². The Bertz CT molecular complexity index is 742. The molecule has 0 bridgehead atoms. The summed E-state index contributed by atoms with van der Waals surface area (Å²) in [6.45, 7) is 1.77. The molecule has 2 aromatic rings. The molecule has 2 aromatic carbocycles. The highest BCUT2D eigenvalue weighted by Gasteiger charge is 2.11. The average Bonchev–Trinajstić information content (AvgIpc) is 2.53. The van der Waals surface area contributed by atoms with Crippen molar-refractivity contribution in [3.63, 3.8) is 0 Å². The van der Waals surface area contributed by atoms with Gasteiger partial charge in [0.1, 0.15) is 5.82 Å². The number of rotatable bonds is 5. The van der Waals surface area contributed by atoms with E-state index in [0.29, 0.717) is 5.56 Å². The van der Waals surface area contributed by atoms with E-state index in [9.17, 15) is 19.3 Å². The molecule has 0 aliphatic rings. The van der Waals surface area contributed by atoms with Crippen molar-refractivity contribution < 1.29 is 14.1 Å². The molecule has 1 atom stereocenters. The molecule has 118 valence electrons. The van der Waals surface area contributed by atoms with Crippen molar-refractivity contribution in [2.45, 2.75) is 13.0 Å². The monoisotopic (exact) mass is 314 g/mol. The van der Waals surface area contributed by atoms with Crippen LogP contribution in [0.5, 0.6) is 0 Å². The molecule has 0 heterocycles.